The van der Waals surface area contributed by atoms with Crippen LogP contribution in [0.5, 0.6) is 0 Å². The Morgan fingerprint density at radius 1 is 1.13 bits per heavy atom. The minimum atomic E-state index is 0.766. The van der Waals surface area contributed by atoms with Gasteiger partial charge in [-0.1, -0.05) is 25.6 Å². The van der Waals surface area contributed by atoms with Gasteiger partial charge >= 0.3 is 0 Å². The fourth-order valence-electron chi connectivity index (χ4n) is 4.98. The molecule has 160 valence electrons. The van der Waals surface area contributed by atoms with E-state index in [9.17, 15) is 0 Å². The minimum absolute atomic E-state index is 0.766. The number of hydrogen-bond acceptors (Lipinski definition) is 3. The smallest absolute Gasteiger partial charge is 0.205 e. The van der Waals surface area contributed by atoms with Gasteiger partial charge in [-0.15, -0.1) is 0 Å². The van der Waals surface area contributed by atoms with Crippen LogP contribution in [0, 0.1) is 0 Å². The van der Waals surface area contributed by atoms with Crippen LogP contribution in [-0.2, 0) is 19.9 Å². The van der Waals surface area contributed by atoms with E-state index in [-0.39, 0.29) is 0 Å². The van der Waals surface area contributed by atoms with Crippen molar-refractivity contribution in [1.82, 2.24) is 19.7 Å². The molecule has 2 aliphatic rings. The average Bonchev–Trinajstić information content (AvgIpc) is 3.36. The molecule has 2 aliphatic carbocycles. The van der Waals surface area contributed by atoms with E-state index >= 15 is 0 Å². The normalized spacial score (nSPS) is 15.9. The first-order valence-corrected chi connectivity index (χ1v) is 11.5. The van der Waals surface area contributed by atoms with Crippen LogP contribution in [0.25, 0.3) is 16.8 Å². The monoisotopic (exact) mass is 413 g/mol. The molecule has 1 aromatic carbocycles. The zero-order valence-electron chi connectivity index (χ0n) is 18.6. The van der Waals surface area contributed by atoms with Gasteiger partial charge < -0.3 is 10.3 Å². The second kappa shape index (κ2) is 8.22. The van der Waals surface area contributed by atoms with Gasteiger partial charge in [-0.2, -0.15) is 5.10 Å². The first-order chi connectivity index (χ1) is 15.1. The minimum Gasteiger partial charge on any atom is -0.326 e. The number of aromatic nitrogens is 4. The fraction of sp³-hybridized carbons (Fsp3) is 0.385. The Morgan fingerprint density at radius 3 is 2.74 bits per heavy atom. The number of benzene rings is 1. The highest BCUT2D eigenvalue weighted by Gasteiger charge is 2.16. The van der Waals surface area contributed by atoms with Gasteiger partial charge in [0.05, 0.1) is 16.9 Å². The summed E-state index contributed by atoms with van der Waals surface area (Å²) in [4.78, 5) is 8.58. The molecule has 0 amide bonds. The number of anilines is 1. The van der Waals surface area contributed by atoms with E-state index < -0.39 is 0 Å². The molecular weight excluding hydrogens is 382 g/mol. The molecule has 5 heteroatoms. The number of aromatic amines is 1. The first-order valence-electron chi connectivity index (χ1n) is 11.5. The third kappa shape index (κ3) is 3.85. The van der Waals surface area contributed by atoms with E-state index in [0.717, 1.165) is 53.8 Å². The third-order valence-electron chi connectivity index (χ3n) is 6.69. The van der Waals surface area contributed by atoms with Gasteiger partial charge in [0.1, 0.15) is 0 Å². The number of aryl methyl sites for hydroxylation is 3. The van der Waals surface area contributed by atoms with E-state index in [0.29, 0.717) is 0 Å². The van der Waals surface area contributed by atoms with Crippen LogP contribution < -0.4 is 16.0 Å². The lowest BCUT2D eigenvalue weighted by Crippen LogP contribution is -2.28. The van der Waals surface area contributed by atoms with Gasteiger partial charge in [-0.05, 0) is 85.3 Å². The van der Waals surface area contributed by atoms with Crippen LogP contribution in [0.4, 0.5) is 5.95 Å². The van der Waals surface area contributed by atoms with Crippen LogP contribution in [0.3, 0.4) is 0 Å². The average molecular weight is 414 g/mol. The largest absolute Gasteiger partial charge is 0.326 e. The second-order valence-electron chi connectivity index (χ2n) is 8.80. The number of nitrogens with zero attached hydrogens (tertiary/aromatic N) is 3. The molecule has 0 saturated heterocycles. The second-order valence-corrected chi connectivity index (χ2v) is 8.80. The summed E-state index contributed by atoms with van der Waals surface area (Å²) in [6.07, 6.45) is 13.3. The zero-order valence-corrected chi connectivity index (χ0v) is 18.6. The van der Waals surface area contributed by atoms with Crippen molar-refractivity contribution in [3.63, 3.8) is 0 Å². The number of nitrogens with one attached hydrogen (secondary N) is 2. The Kier molecular flexibility index (Phi) is 5.26. The maximum absolute atomic E-state index is 5.01. The van der Waals surface area contributed by atoms with E-state index in [2.05, 4.69) is 53.3 Å². The predicted molar refractivity (Wildman–Crippen MR) is 127 cm³/mol. The molecular formula is C26H31N5. The van der Waals surface area contributed by atoms with Gasteiger partial charge in [0.25, 0.3) is 0 Å². The molecule has 0 spiro atoms. The molecule has 0 aliphatic heterocycles. The molecule has 2 aromatic heterocycles. The zero-order chi connectivity index (χ0) is 21.4. The van der Waals surface area contributed by atoms with Crippen molar-refractivity contribution in [2.45, 2.75) is 58.3 Å². The number of H-pyrrole nitrogens is 1. The van der Waals surface area contributed by atoms with Crippen molar-refractivity contribution in [3.8, 4) is 0 Å². The van der Waals surface area contributed by atoms with Crippen molar-refractivity contribution in [2.75, 3.05) is 5.32 Å². The molecule has 2 heterocycles. The van der Waals surface area contributed by atoms with Crippen molar-refractivity contribution >= 4 is 22.8 Å². The molecule has 31 heavy (non-hydrogen) atoms. The summed E-state index contributed by atoms with van der Waals surface area (Å²) in [6.45, 7) is 6.55. The molecule has 0 fully saturated rings. The molecule has 5 nitrogen and oxygen atoms in total. The third-order valence-corrected chi connectivity index (χ3v) is 6.69. The molecule has 5 rings (SSSR count). The van der Waals surface area contributed by atoms with E-state index in [4.69, 9.17) is 4.98 Å². The lowest BCUT2D eigenvalue weighted by molar-refractivity contribution is 0.685. The molecule has 0 saturated carbocycles. The maximum Gasteiger partial charge on any atom is 0.205 e. The maximum atomic E-state index is 5.01. The van der Waals surface area contributed by atoms with Crippen LogP contribution in [0.1, 0.15) is 67.7 Å². The summed E-state index contributed by atoms with van der Waals surface area (Å²) in [5.41, 5.74) is 8.86. The molecule has 0 bridgehead atoms. The van der Waals surface area contributed by atoms with E-state index in [1.165, 1.54) is 53.3 Å². The summed E-state index contributed by atoms with van der Waals surface area (Å²) in [5.74, 6) is 0.766. The molecule has 0 unspecified atom stereocenters. The van der Waals surface area contributed by atoms with Crippen LogP contribution >= 0.6 is 0 Å². The highest BCUT2D eigenvalue weighted by Crippen LogP contribution is 2.25. The Balaban J connectivity index is 1.53. The molecule has 0 atom stereocenters. The summed E-state index contributed by atoms with van der Waals surface area (Å²) < 4.78 is 1.86. The summed E-state index contributed by atoms with van der Waals surface area (Å²) in [6, 6.07) is 6.75. The molecule has 2 N–H and O–H groups in total. The van der Waals surface area contributed by atoms with E-state index in [1.54, 1.807) is 0 Å². The number of rotatable bonds is 5. The van der Waals surface area contributed by atoms with Gasteiger partial charge in [0.15, 0.2) is 0 Å². The van der Waals surface area contributed by atoms with Crippen molar-refractivity contribution < 1.29 is 0 Å². The summed E-state index contributed by atoms with van der Waals surface area (Å²) in [7, 11) is 1.96. The van der Waals surface area contributed by atoms with Crippen LogP contribution in [0.15, 0.2) is 37.2 Å². The van der Waals surface area contributed by atoms with Gasteiger partial charge in [-0.25, -0.2) is 4.98 Å². The van der Waals surface area contributed by atoms with Gasteiger partial charge in [0, 0.05) is 24.5 Å². The number of hydrogen-bond donors (Lipinski definition) is 2. The summed E-state index contributed by atoms with van der Waals surface area (Å²) in [5, 5.41) is 10.1. The van der Waals surface area contributed by atoms with Crippen molar-refractivity contribution in [3.05, 3.63) is 70.1 Å². The first kappa shape index (κ1) is 19.9. The quantitative estimate of drug-likeness (QED) is 0.663. The Labute approximate surface area is 183 Å². The highest BCUT2D eigenvalue weighted by molar-refractivity contribution is 5.74. The van der Waals surface area contributed by atoms with Crippen LogP contribution in [0.2, 0.25) is 0 Å². The molecule has 0 radical (unpaired) electrons. The van der Waals surface area contributed by atoms with Crippen molar-refractivity contribution in [2.24, 2.45) is 7.05 Å². The number of fused-ring (bicyclic) bond motifs is 2. The van der Waals surface area contributed by atoms with E-state index in [1.807, 2.05) is 17.9 Å². The topological polar surface area (TPSA) is 58.5 Å². The SMILES string of the molecule is C=C(Nc1nc2c([nH]1)=C(CC)CCCC=2c1cnn(C)c1)c1ccc2c(c1)CCCC2. The van der Waals surface area contributed by atoms with Gasteiger partial charge in [-0.3, -0.25) is 4.68 Å². The lowest BCUT2D eigenvalue weighted by Gasteiger charge is -2.17. The van der Waals surface area contributed by atoms with Gasteiger partial charge in [0.2, 0.25) is 5.95 Å². The standard InChI is InChI=1S/C26H31N5/c1-4-18-10-7-11-23(22-15-27-31(3)16-22)25-24(18)29-26(30-25)28-17(2)20-13-12-19-8-5-6-9-21(19)14-20/h12-16H,2,4-11H2,1,3H3,(H2,28,29,30). The Hall–Kier alpha value is -3.08. The summed E-state index contributed by atoms with van der Waals surface area (Å²) >= 11 is 0. The Morgan fingerprint density at radius 2 is 1.97 bits per heavy atom. The molecule has 3 aromatic rings. The highest BCUT2D eigenvalue weighted by atomic mass is 15.2. The number of imidazole rings is 1. The fourth-order valence-corrected chi connectivity index (χ4v) is 4.98. The van der Waals surface area contributed by atoms with Crippen LogP contribution in [-0.4, -0.2) is 19.7 Å². The lowest BCUT2D eigenvalue weighted by atomic mass is 9.90. The predicted octanol–water partition coefficient (Wildman–Crippen LogP) is 4.05. The Bertz CT molecular complexity index is 1260. The van der Waals surface area contributed by atoms with Crippen molar-refractivity contribution in [1.29, 1.82) is 0 Å².